The normalized spacial score (nSPS) is 9.78. The second-order valence-electron chi connectivity index (χ2n) is 3.39. The Morgan fingerprint density at radius 2 is 2.11 bits per heavy atom. The van der Waals surface area contributed by atoms with Gasteiger partial charge >= 0.3 is 5.97 Å². The van der Waals surface area contributed by atoms with Crippen LogP contribution in [0.25, 0.3) is 0 Å². The van der Waals surface area contributed by atoms with Gasteiger partial charge in [0.1, 0.15) is 5.75 Å². The zero-order valence-corrected chi connectivity index (χ0v) is 9.15. The van der Waals surface area contributed by atoms with Gasteiger partial charge in [-0.05, 0) is 18.2 Å². The molecule has 0 radical (unpaired) electrons. The number of non-ortho nitro benzene ring substituents is 1. The van der Waals surface area contributed by atoms with Gasteiger partial charge in [-0.1, -0.05) is 6.07 Å². The van der Waals surface area contributed by atoms with E-state index in [0.717, 1.165) is 0 Å². The molecule has 90 valence electrons. The Bertz CT molecular complexity index is 584. The van der Waals surface area contributed by atoms with E-state index in [1.807, 2.05) is 0 Å². The van der Waals surface area contributed by atoms with Crippen molar-refractivity contribution in [2.24, 2.45) is 0 Å². The number of esters is 1. The molecular weight excluding hydrogens is 236 g/mol. The standard InChI is InChI=1S/C12H8N2O4/c15-12(9-3-2-6-13-8-9)18-11-5-1-4-10(7-11)14(16)17/h1-8H. The lowest BCUT2D eigenvalue weighted by atomic mass is 10.3. The summed E-state index contributed by atoms with van der Waals surface area (Å²) in [7, 11) is 0. The number of benzene rings is 1. The zero-order valence-electron chi connectivity index (χ0n) is 9.15. The van der Waals surface area contributed by atoms with Gasteiger partial charge in [0.25, 0.3) is 5.69 Å². The lowest BCUT2D eigenvalue weighted by Gasteiger charge is -2.03. The SMILES string of the molecule is O=C(Oc1cccc([N+](=O)[O-])c1)c1cccnc1. The van der Waals surface area contributed by atoms with E-state index >= 15 is 0 Å². The molecule has 2 aromatic rings. The molecule has 0 aliphatic heterocycles. The number of nitro groups is 1. The van der Waals surface area contributed by atoms with Crippen molar-refractivity contribution in [3.63, 3.8) is 0 Å². The number of rotatable bonds is 3. The summed E-state index contributed by atoms with van der Waals surface area (Å²) in [6, 6.07) is 8.58. The molecule has 18 heavy (non-hydrogen) atoms. The molecule has 0 aliphatic carbocycles. The third-order valence-corrected chi connectivity index (χ3v) is 2.14. The number of hydrogen-bond acceptors (Lipinski definition) is 5. The van der Waals surface area contributed by atoms with E-state index in [1.165, 1.54) is 36.7 Å². The average Bonchev–Trinajstić information content (AvgIpc) is 2.40. The highest BCUT2D eigenvalue weighted by Gasteiger charge is 2.11. The Balaban J connectivity index is 2.17. The van der Waals surface area contributed by atoms with Gasteiger partial charge in [0.15, 0.2) is 0 Å². The molecule has 0 aliphatic rings. The fourth-order valence-electron chi connectivity index (χ4n) is 1.31. The largest absolute Gasteiger partial charge is 0.423 e. The van der Waals surface area contributed by atoms with Crippen LogP contribution < -0.4 is 4.74 Å². The number of nitro benzene ring substituents is 1. The number of hydrogen-bond donors (Lipinski definition) is 0. The Morgan fingerprint density at radius 3 is 2.78 bits per heavy atom. The van der Waals surface area contributed by atoms with Crippen molar-refractivity contribution in [1.82, 2.24) is 4.98 Å². The van der Waals surface area contributed by atoms with Crippen molar-refractivity contribution in [2.75, 3.05) is 0 Å². The Labute approximate surface area is 102 Å². The molecule has 0 saturated heterocycles. The maximum atomic E-state index is 11.7. The molecule has 1 aromatic heterocycles. The predicted molar refractivity (Wildman–Crippen MR) is 62.3 cm³/mol. The van der Waals surface area contributed by atoms with Gasteiger partial charge < -0.3 is 4.74 Å². The third-order valence-electron chi connectivity index (χ3n) is 2.14. The topological polar surface area (TPSA) is 82.3 Å². The summed E-state index contributed by atoms with van der Waals surface area (Å²) >= 11 is 0. The molecule has 1 heterocycles. The Kier molecular flexibility index (Phi) is 3.29. The van der Waals surface area contributed by atoms with Crippen LogP contribution in [0.4, 0.5) is 5.69 Å². The number of nitrogens with zero attached hydrogens (tertiary/aromatic N) is 2. The first-order valence-electron chi connectivity index (χ1n) is 5.03. The monoisotopic (exact) mass is 244 g/mol. The van der Waals surface area contributed by atoms with Gasteiger partial charge in [0.05, 0.1) is 16.6 Å². The van der Waals surface area contributed by atoms with E-state index in [2.05, 4.69) is 4.98 Å². The summed E-state index contributed by atoms with van der Waals surface area (Å²) in [5.41, 5.74) is 0.149. The minimum atomic E-state index is -0.608. The highest BCUT2D eigenvalue weighted by molar-refractivity contribution is 5.90. The zero-order chi connectivity index (χ0) is 13.0. The fraction of sp³-hybridized carbons (Fsp3) is 0. The summed E-state index contributed by atoms with van der Waals surface area (Å²) in [5, 5.41) is 10.6. The first-order chi connectivity index (χ1) is 8.66. The Morgan fingerprint density at radius 1 is 1.28 bits per heavy atom. The molecule has 0 atom stereocenters. The molecule has 6 nitrogen and oxygen atoms in total. The molecule has 0 bridgehead atoms. The van der Waals surface area contributed by atoms with E-state index in [9.17, 15) is 14.9 Å². The third kappa shape index (κ3) is 2.67. The average molecular weight is 244 g/mol. The van der Waals surface area contributed by atoms with E-state index in [4.69, 9.17) is 4.74 Å². The van der Waals surface area contributed by atoms with E-state index in [1.54, 1.807) is 12.1 Å². The summed E-state index contributed by atoms with van der Waals surface area (Å²) in [4.78, 5) is 25.5. The van der Waals surface area contributed by atoms with Crippen LogP contribution in [0.1, 0.15) is 10.4 Å². The number of aromatic nitrogens is 1. The maximum Gasteiger partial charge on any atom is 0.345 e. The molecule has 1 aromatic carbocycles. The number of pyridine rings is 1. The summed E-state index contributed by atoms with van der Waals surface area (Å²) in [5.74, 6) is -0.485. The van der Waals surface area contributed by atoms with Gasteiger partial charge in [-0.3, -0.25) is 15.1 Å². The first-order valence-corrected chi connectivity index (χ1v) is 5.03. The van der Waals surface area contributed by atoms with Crippen LogP contribution in [-0.4, -0.2) is 15.9 Å². The highest BCUT2D eigenvalue weighted by Crippen LogP contribution is 2.19. The lowest BCUT2D eigenvalue weighted by molar-refractivity contribution is -0.384. The molecule has 0 N–H and O–H groups in total. The van der Waals surface area contributed by atoms with Crippen molar-refractivity contribution >= 4 is 11.7 Å². The summed E-state index contributed by atoms with van der Waals surface area (Å²) < 4.78 is 5.01. The number of ether oxygens (including phenoxy) is 1. The lowest BCUT2D eigenvalue weighted by Crippen LogP contribution is -2.08. The second-order valence-corrected chi connectivity index (χ2v) is 3.39. The van der Waals surface area contributed by atoms with Crippen molar-refractivity contribution < 1.29 is 14.5 Å². The molecule has 0 spiro atoms. The fourth-order valence-corrected chi connectivity index (χ4v) is 1.31. The number of carbonyl (C=O) groups is 1. The quantitative estimate of drug-likeness (QED) is 0.358. The van der Waals surface area contributed by atoms with Crippen LogP contribution >= 0.6 is 0 Å². The van der Waals surface area contributed by atoms with Crippen molar-refractivity contribution in [3.05, 3.63) is 64.5 Å². The Hall–Kier alpha value is -2.76. The first kappa shape index (κ1) is 11.7. The predicted octanol–water partition coefficient (Wildman–Crippen LogP) is 2.21. The van der Waals surface area contributed by atoms with Crippen LogP contribution in [0, 0.1) is 10.1 Å². The summed E-state index contributed by atoms with van der Waals surface area (Å²) in [6.07, 6.45) is 2.89. The van der Waals surface area contributed by atoms with E-state index < -0.39 is 10.9 Å². The van der Waals surface area contributed by atoms with Gasteiger partial charge in [0.2, 0.25) is 0 Å². The minimum Gasteiger partial charge on any atom is -0.423 e. The molecule has 0 fully saturated rings. The molecular formula is C12H8N2O4. The van der Waals surface area contributed by atoms with Crippen LogP contribution in [0.2, 0.25) is 0 Å². The van der Waals surface area contributed by atoms with Crippen molar-refractivity contribution in [2.45, 2.75) is 0 Å². The molecule has 2 rings (SSSR count). The van der Waals surface area contributed by atoms with E-state index in [0.29, 0.717) is 0 Å². The van der Waals surface area contributed by atoms with Crippen LogP contribution in [0.3, 0.4) is 0 Å². The van der Waals surface area contributed by atoms with Crippen molar-refractivity contribution in [3.8, 4) is 5.75 Å². The molecule has 0 unspecified atom stereocenters. The van der Waals surface area contributed by atoms with Crippen LogP contribution in [0.15, 0.2) is 48.8 Å². The second kappa shape index (κ2) is 5.05. The smallest absolute Gasteiger partial charge is 0.345 e. The highest BCUT2D eigenvalue weighted by atomic mass is 16.6. The van der Waals surface area contributed by atoms with E-state index in [-0.39, 0.29) is 17.0 Å². The van der Waals surface area contributed by atoms with Crippen LogP contribution in [0.5, 0.6) is 5.75 Å². The molecule has 6 heteroatoms. The molecule has 0 saturated carbocycles. The van der Waals surface area contributed by atoms with Gasteiger partial charge in [-0.25, -0.2) is 4.79 Å². The van der Waals surface area contributed by atoms with Crippen LogP contribution in [-0.2, 0) is 0 Å². The molecule has 0 amide bonds. The van der Waals surface area contributed by atoms with Gasteiger partial charge in [0, 0.05) is 18.5 Å². The van der Waals surface area contributed by atoms with Gasteiger partial charge in [-0.2, -0.15) is 0 Å². The minimum absolute atomic E-state index is 0.123. The number of carbonyl (C=O) groups excluding carboxylic acids is 1. The maximum absolute atomic E-state index is 11.7. The van der Waals surface area contributed by atoms with Gasteiger partial charge in [-0.15, -0.1) is 0 Å². The van der Waals surface area contributed by atoms with Crippen molar-refractivity contribution in [1.29, 1.82) is 0 Å². The summed E-state index contributed by atoms with van der Waals surface area (Å²) in [6.45, 7) is 0.